The van der Waals surface area contributed by atoms with Crippen molar-refractivity contribution in [2.45, 2.75) is 90.1 Å². The topological polar surface area (TPSA) is 29.9 Å². The standard InChI is InChI=1S/C18H33N3/c1-2-3-4-5-6-7-8-11-14-21-16-19-15-18(21)17-12-9-10-13-20-17/h15-17,20H,2-14H2,1H3. The van der Waals surface area contributed by atoms with Crippen LogP contribution in [0, 0.1) is 0 Å². The summed E-state index contributed by atoms with van der Waals surface area (Å²) in [6.07, 6.45) is 19.1. The van der Waals surface area contributed by atoms with E-state index in [9.17, 15) is 0 Å². The van der Waals surface area contributed by atoms with Gasteiger partial charge in [-0.05, 0) is 25.8 Å². The molecule has 1 aliphatic heterocycles. The molecule has 120 valence electrons. The van der Waals surface area contributed by atoms with Crippen molar-refractivity contribution in [3.05, 3.63) is 18.2 Å². The molecule has 0 bridgehead atoms. The van der Waals surface area contributed by atoms with Crippen molar-refractivity contribution in [3.63, 3.8) is 0 Å². The molecule has 2 heterocycles. The van der Waals surface area contributed by atoms with Crippen LogP contribution < -0.4 is 5.32 Å². The van der Waals surface area contributed by atoms with E-state index in [1.54, 1.807) is 0 Å². The van der Waals surface area contributed by atoms with Crippen molar-refractivity contribution in [2.24, 2.45) is 0 Å². The third-order valence-corrected chi connectivity index (χ3v) is 4.66. The maximum absolute atomic E-state index is 4.37. The van der Waals surface area contributed by atoms with Crippen molar-refractivity contribution in [1.82, 2.24) is 14.9 Å². The summed E-state index contributed by atoms with van der Waals surface area (Å²) in [4.78, 5) is 4.37. The first-order valence-corrected chi connectivity index (χ1v) is 9.15. The molecular weight excluding hydrogens is 258 g/mol. The van der Waals surface area contributed by atoms with Crippen molar-refractivity contribution in [3.8, 4) is 0 Å². The quantitative estimate of drug-likeness (QED) is 0.625. The molecule has 1 atom stereocenters. The molecule has 0 spiro atoms. The van der Waals surface area contributed by atoms with Crippen LogP contribution in [0.1, 0.15) is 89.3 Å². The molecule has 1 fully saturated rings. The van der Waals surface area contributed by atoms with E-state index in [2.05, 4.69) is 28.0 Å². The summed E-state index contributed by atoms with van der Waals surface area (Å²) < 4.78 is 2.38. The molecule has 1 N–H and O–H groups in total. The first-order chi connectivity index (χ1) is 10.4. The molecular formula is C18H33N3. The predicted molar refractivity (Wildman–Crippen MR) is 89.4 cm³/mol. The summed E-state index contributed by atoms with van der Waals surface area (Å²) in [5.41, 5.74) is 1.40. The Morgan fingerprint density at radius 3 is 2.57 bits per heavy atom. The molecule has 1 aromatic rings. The molecule has 21 heavy (non-hydrogen) atoms. The number of piperidine rings is 1. The molecule has 3 heteroatoms. The Balaban J connectivity index is 1.61. The fraction of sp³-hybridized carbons (Fsp3) is 0.833. The van der Waals surface area contributed by atoms with Crippen molar-refractivity contribution in [1.29, 1.82) is 0 Å². The molecule has 0 saturated carbocycles. The lowest BCUT2D eigenvalue weighted by atomic mass is 10.0. The van der Waals surface area contributed by atoms with E-state index in [1.807, 2.05) is 6.33 Å². The summed E-state index contributed by atoms with van der Waals surface area (Å²) in [7, 11) is 0. The van der Waals surface area contributed by atoms with E-state index in [1.165, 1.54) is 76.3 Å². The van der Waals surface area contributed by atoms with Gasteiger partial charge in [-0.15, -0.1) is 0 Å². The van der Waals surface area contributed by atoms with Gasteiger partial charge in [-0.1, -0.05) is 58.3 Å². The van der Waals surface area contributed by atoms with Gasteiger partial charge in [0.05, 0.1) is 12.0 Å². The van der Waals surface area contributed by atoms with Gasteiger partial charge in [0.1, 0.15) is 0 Å². The van der Waals surface area contributed by atoms with Crippen LogP contribution in [0.5, 0.6) is 0 Å². The molecule has 3 nitrogen and oxygen atoms in total. The van der Waals surface area contributed by atoms with E-state index in [0.717, 1.165) is 13.1 Å². The fourth-order valence-corrected chi connectivity index (χ4v) is 3.33. The van der Waals surface area contributed by atoms with Gasteiger partial charge in [0.15, 0.2) is 0 Å². The predicted octanol–water partition coefficient (Wildman–Crippen LogP) is 4.84. The van der Waals surface area contributed by atoms with E-state index < -0.39 is 0 Å². The zero-order valence-electron chi connectivity index (χ0n) is 13.8. The lowest BCUT2D eigenvalue weighted by Crippen LogP contribution is -2.28. The average Bonchev–Trinajstić information content (AvgIpc) is 2.99. The second kappa shape index (κ2) is 9.99. The molecule has 1 unspecified atom stereocenters. The van der Waals surface area contributed by atoms with Gasteiger partial charge in [0, 0.05) is 18.8 Å². The summed E-state index contributed by atoms with van der Waals surface area (Å²) >= 11 is 0. The van der Waals surface area contributed by atoms with Crippen LogP contribution in [-0.4, -0.2) is 16.1 Å². The summed E-state index contributed by atoms with van der Waals surface area (Å²) in [6.45, 7) is 4.58. The third-order valence-electron chi connectivity index (χ3n) is 4.66. The smallest absolute Gasteiger partial charge is 0.0948 e. The number of hydrogen-bond donors (Lipinski definition) is 1. The minimum absolute atomic E-state index is 0.537. The average molecular weight is 291 g/mol. The zero-order chi connectivity index (χ0) is 14.8. The first kappa shape index (κ1) is 16.5. The van der Waals surface area contributed by atoms with Gasteiger partial charge in [-0.3, -0.25) is 0 Å². The number of unbranched alkanes of at least 4 members (excludes halogenated alkanes) is 7. The van der Waals surface area contributed by atoms with Crippen molar-refractivity contribution < 1.29 is 0 Å². The number of hydrogen-bond acceptors (Lipinski definition) is 2. The largest absolute Gasteiger partial charge is 0.333 e. The molecule has 1 saturated heterocycles. The summed E-state index contributed by atoms with van der Waals surface area (Å²) in [5, 5.41) is 3.63. The van der Waals surface area contributed by atoms with Gasteiger partial charge in [-0.2, -0.15) is 0 Å². The molecule has 0 radical (unpaired) electrons. The maximum atomic E-state index is 4.37. The highest BCUT2D eigenvalue weighted by atomic mass is 15.1. The Morgan fingerprint density at radius 1 is 1.10 bits per heavy atom. The Kier molecular flexibility index (Phi) is 7.87. The van der Waals surface area contributed by atoms with Crippen LogP contribution in [0.4, 0.5) is 0 Å². The van der Waals surface area contributed by atoms with Crippen LogP contribution in [0.25, 0.3) is 0 Å². The van der Waals surface area contributed by atoms with E-state index in [-0.39, 0.29) is 0 Å². The second-order valence-electron chi connectivity index (χ2n) is 6.49. The molecule has 1 aliphatic rings. The highest BCUT2D eigenvalue weighted by molar-refractivity contribution is 5.06. The molecule has 0 aliphatic carbocycles. The van der Waals surface area contributed by atoms with Gasteiger partial charge in [0.2, 0.25) is 0 Å². The Hall–Kier alpha value is -0.830. The van der Waals surface area contributed by atoms with Crippen molar-refractivity contribution in [2.75, 3.05) is 6.54 Å². The minimum Gasteiger partial charge on any atom is -0.333 e. The normalized spacial score (nSPS) is 19.0. The second-order valence-corrected chi connectivity index (χ2v) is 6.49. The van der Waals surface area contributed by atoms with Crippen LogP contribution in [-0.2, 0) is 6.54 Å². The van der Waals surface area contributed by atoms with Crippen LogP contribution >= 0.6 is 0 Å². The van der Waals surface area contributed by atoms with E-state index >= 15 is 0 Å². The number of nitrogens with zero attached hydrogens (tertiary/aromatic N) is 2. The summed E-state index contributed by atoms with van der Waals surface area (Å²) in [6, 6.07) is 0.537. The van der Waals surface area contributed by atoms with Gasteiger partial charge in [0.25, 0.3) is 0 Å². The zero-order valence-corrected chi connectivity index (χ0v) is 13.8. The van der Waals surface area contributed by atoms with Gasteiger partial charge in [-0.25, -0.2) is 4.98 Å². The molecule has 1 aromatic heterocycles. The van der Waals surface area contributed by atoms with Crippen LogP contribution in [0.3, 0.4) is 0 Å². The number of aromatic nitrogens is 2. The lowest BCUT2D eigenvalue weighted by molar-refractivity contribution is 0.390. The molecule has 2 rings (SSSR count). The number of imidazole rings is 1. The first-order valence-electron chi connectivity index (χ1n) is 9.15. The number of rotatable bonds is 10. The third kappa shape index (κ3) is 5.82. The Labute approximate surface area is 130 Å². The fourth-order valence-electron chi connectivity index (χ4n) is 3.33. The van der Waals surface area contributed by atoms with Crippen molar-refractivity contribution >= 4 is 0 Å². The molecule has 0 aromatic carbocycles. The van der Waals surface area contributed by atoms with Gasteiger partial charge < -0.3 is 9.88 Å². The minimum atomic E-state index is 0.537. The van der Waals surface area contributed by atoms with E-state index in [4.69, 9.17) is 0 Å². The maximum Gasteiger partial charge on any atom is 0.0948 e. The van der Waals surface area contributed by atoms with Gasteiger partial charge >= 0.3 is 0 Å². The number of aryl methyl sites for hydroxylation is 1. The highest BCUT2D eigenvalue weighted by Crippen LogP contribution is 2.23. The summed E-state index contributed by atoms with van der Waals surface area (Å²) in [5.74, 6) is 0. The van der Waals surface area contributed by atoms with Crippen LogP contribution in [0.15, 0.2) is 12.5 Å². The highest BCUT2D eigenvalue weighted by Gasteiger charge is 2.17. The molecule has 0 amide bonds. The Bertz CT molecular complexity index is 366. The van der Waals surface area contributed by atoms with E-state index in [0.29, 0.717) is 6.04 Å². The SMILES string of the molecule is CCCCCCCCCCn1cncc1C1CCCCN1. The monoisotopic (exact) mass is 291 g/mol. The van der Waals surface area contributed by atoms with Crippen LogP contribution in [0.2, 0.25) is 0 Å². The Morgan fingerprint density at radius 2 is 1.86 bits per heavy atom. The number of nitrogens with one attached hydrogen (secondary N) is 1. The lowest BCUT2D eigenvalue weighted by Gasteiger charge is -2.24.